The number of fused-ring (bicyclic) bond motifs is 1. The molecular weight excluding hydrogens is 302 g/mol. The number of halogens is 1. The lowest BCUT2D eigenvalue weighted by Gasteiger charge is -2.23. The van der Waals surface area contributed by atoms with Gasteiger partial charge in [0.2, 0.25) is 0 Å². The Bertz CT molecular complexity index is 642. The van der Waals surface area contributed by atoms with Crippen LogP contribution in [0.1, 0.15) is 37.5 Å². The van der Waals surface area contributed by atoms with Gasteiger partial charge in [-0.1, -0.05) is 36.7 Å². The normalized spacial score (nSPS) is 11.9. The molecule has 2 aromatic rings. The van der Waals surface area contributed by atoms with E-state index in [4.69, 9.17) is 5.84 Å². The van der Waals surface area contributed by atoms with Crippen molar-refractivity contribution in [2.75, 3.05) is 5.43 Å². The van der Waals surface area contributed by atoms with Crippen LogP contribution in [0.15, 0.2) is 16.6 Å². The van der Waals surface area contributed by atoms with E-state index in [0.717, 1.165) is 21.4 Å². The number of nitrogen functional groups attached to an aromatic ring is 1. The number of pyridine rings is 1. The van der Waals surface area contributed by atoms with Crippen LogP contribution in [0, 0.1) is 13.8 Å². The first-order valence-electron chi connectivity index (χ1n) is 6.33. The number of aryl methyl sites for hydroxylation is 2. The fourth-order valence-corrected chi connectivity index (χ4v) is 2.63. The molecule has 3 nitrogen and oxygen atoms in total. The fraction of sp³-hybridized carbons (Fsp3) is 0.400. The second-order valence-corrected chi connectivity index (χ2v) is 6.77. The zero-order chi connectivity index (χ0) is 14.4. The molecule has 1 heterocycles. The summed E-state index contributed by atoms with van der Waals surface area (Å²) in [4.78, 5) is 4.67. The lowest BCUT2D eigenvalue weighted by Crippen LogP contribution is -2.19. The summed E-state index contributed by atoms with van der Waals surface area (Å²) in [6.45, 7) is 10.7. The van der Waals surface area contributed by atoms with Crippen LogP contribution in [-0.2, 0) is 5.41 Å². The summed E-state index contributed by atoms with van der Waals surface area (Å²) >= 11 is 3.64. The SMILES string of the molecule is Cc1cc2nc(NN)c(C(C)(C)C)cc2c(C)c1Br. The molecule has 0 aliphatic heterocycles. The Balaban J connectivity index is 2.87. The van der Waals surface area contributed by atoms with Crippen molar-refractivity contribution in [1.82, 2.24) is 4.98 Å². The van der Waals surface area contributed by atoms with Crippen LogP contribution in [-0.4, -0.2) is 4.98 Å². The number of hydrazine groups is 1. The summed E-state index contributed by atoms with van der Waals surface area (Å²) in [5.74, 6) is 6.37. The van der Waals surface area contributed by atoms with Gasteiger partial charge < -0.3 is 5.43 Å². The number of rotatable bonds is 1. The van der Waals surface area contributed by atoms with Gasteiger partial charge in [-0.05, 0) is 42.5 Å². The number of nitrogens with one attached hydrogen (secondary N) is 1. The number of aromatic nitrogens is 1. The Morgan fingerprint density at radius 3 is 2.37 bits per heavy atom. The van der Waals surface area contributed by atoms with Crippen molar-refractivity contribution in [2.24, 2.45) is 5.84 Å². The first kappa shape index (κ1) is 14.3. The van der Waals surface area contributed by atoms with Crippen molar-refractivity contribution in [1.29, 1.82) is 0 Å². The molecule has 0 fully saturated rings. The predicted octanol–water partition coefficient (Wildman–Crippen LogP) is 4.20. The highest BCUT2D eigenvalue weighted by Crippen LogP contribution is 2.35. The molecule has 0 saturated heterocycles. The smallest absolute Gasteiger partial charge is 0.144 e. The van der Waals surface area contributed by atoms with Crippen LogP contribution in [0.3, 0.4) is 0 Å². The third-order valence-corrected chi connectivity index (χ3v) is 4.65. The Hall–Kier alpha value is -1.13. The number of anilines is 1. The topological polar surface area (TPSA) is 50.9 Å². The number of hydrogen-bond donors (Lipinski definition) is 2. The third-order valence-electron chi connectivity index (χ3n) is 3.43. The summed E-state index contributed by atoms with van der Waals surface area (Å²) < 4.78 is 1.15. The van der Waals surface area contributed by atoms with Gasteiger partial charge >= 0.3 is 0 Å². The molecule has 0 spiro atoms. The molecule has 2 rings (SSSR count). The van der Waals surface area contributed by atoms with E-state index in [9.17, 15) is 0 Å². The first-order chi connectivity index (χ1) is 8.75. The van der Waals surface area contributed by atoms with E-state index in [1.165, 1.54) is 16.5 Å². The maximum atomic E-state index is 5.62. The molecule has 102 valence electrons. The van der Waals surface area contributed by atoms with Gasteiger partial charge in [-0.15, -0.1) is 0 Å². The summed E-state index contributed by atoms with van der Waals surface area (Å²) in [5, 5.41) is 1.17. The number of hydrogen-bond acceptors (Lipinski definition) is 3. The molecule has 0 atom stereocenters. The highest BCUT2D eigenvalue weighted by Gasteiger charge is 2.20. The van der Waals surface area contributed by atoms with E-state index in [1.54, 1.807) is 0 Å². The van der Waals surface area contributed by atoms with Crippen molar-refractivity contribution < 1.29 is 0 Å². The van der Waals surface area contributed by atoms with E-state index in [1.807, 2.05) is 0 Å². The third kappa shape index (κ3) is 2.47. The van der Waals surface area contributed by atoms with Crippen LogP contribution in [0.2, 0.25) is 0 Å². The molecule has 0 aliphatic carbocycles. The van der Waals surface area contributed by atoms with Gasteiger partial charge in [0.15, 0.2) is 0 Å². The highest BCUT2D eigenvalue weighted by atomic mass is 79.9. The molecule has 1 aromatic carbocycles. The van der Waals surface area contributed by atoms with Crippen LogP contribution in [0.4, 0.5) is 5.82 Å². The van der Waals surface area contributed by atoms with E-state index in [2.05, 4.69) is 73.1 Å². The Morgan fingerprint density at radius 1 is 1.21 bits per heavy atom. The van der Waals surface area contributed by atoms with Gasteiger partial charge in [-0.25, -0.2) is 10.8 Å². The summed E-state index contributed by atoms with van der Waals surface area (Å²) in [6.07, 6.45) is 0. The summed E-state index contributed by atoms with van der Waals surface area (Å²) in [5.41, 5.74) is 7.22. The van der Waals surface area contributed by atoms with Crippen molar-refractivity contribution >= 4 is 32.7 Å². The second kappa shape index (κ2) is 4.76. The van der Waals surface area contributed by atoms with Gasteiger partial charge in [0, 0.05) is 15.4 Å². The van der Waals surface area contributed by atoms with E-state index in [0.29, 0.717) is 0 Å². The highest BCUT2D eigenvalue weighted by molar-refractivity contribution is 9.10. The predicted molar refractivity (Wildman–Crippen MR) is 85.4 cm³/mol. The molecule has 0 aliphatic rings. The van der Waals surface area contributed by atoms with Gasteiger partial charge in [-0.2, -0.15) is 0 Å². The van der Waals surface area contributed by atoms with Gasteiger partial charge in [0.25, 0.3) is 0 Å². The number of nitrogens with zero attached hydrogens (tertiary/aromatic N) is 1. The molecule has 0 bridgehead atoms. The zero-order valence-electron chi connectivity index (χ0n) is 12.1. The van der Waals surface area contributed by atoms with Crippen molar-refractivity contribution in [3.05, 3.63) is 33.3 Å². The summed E-state index contributed by atoms with van der Waals surface area (Å²) in [7, 11) is 0. The van der Waals surface area contributed by atoms with Crippen molar-refractivity contribution in [3.63, 3.8) is 0 Å². The fourth-order valence-electron chi connectivity index (χ4n) is 2.30. The van der Waals surface area contributed by atoms with E-state index in [-0.39, 0.29) is 5.41 Å². The molecule has 4 heteroatoms. The zero-order valence-corrected chi connectivity index (χ0v) is 13.6. The molecule has 3 N–H and O–H groups in total. The Morgan fingerprint density at radius 2 is 1.84 bits per heavy atom. The molecule has 1 aromatic heterocycles. The minimum absolute atomic E-state index is 0.00725. The second-order valence-electron chi connectivity index (χ2n) is 5.98. The quantitative estimate of drug-likeness (QED) is 0.611. The molecule has 0 unspecified atom stereocenters. The van der Waals surface area contributed by atoms with Crippen molar-refractivity contribution in [2.45, 2.75) is 40.0 Å². The van der Waals surface area contributed by atoms with Gasteiger partial charge in [0.05, 0.1) is 5.52 Å². The monoisotopic (exact) mass is 321 g/mol. The number of benzene rings is 1. The molecule has 0 saturated carbocycles. The lowest BCUT2D eigenvalue weighted by atomic mass is 9.86. The average Bonchev–Trinajstić information content (AvgIpc) is 2.33. The van der Waals surface area contributed by atoms with Gasteiger partial charge in [0.1, 0.15) is 5.82 Å². The van der Waals surface area contributed by atoms with Crippen molar-refractivity contribution in [3.8, 4) is 0 Å². The maximum Gasteiger partial charge on any atom is 0.144 e. The first-order valence-corrected chi connectivity index (χ1v) is 7.12. The number of nitrogens with two attached hydrogens (primary N) is 1. The molecule has 19 heavy (non-hydrogen) atoms. The summed E-state index contributed by atoms with van der Waals surface area (Å²) in [6, 6.07) is 4.27. The minimum Gasteiger partial charge on any atom is -0.308 e. The van der Waals surface area contributed by atoms with Crippen LogP contribution >= 0.6 is 15.9 Å². The average molecular weight is 322 g/mol. The largest absolute Gasteiger partial charge is 0.308 e. The van der Waals surface area contributed by atoms with Crippen LogP contribution in [0.5, 0.6) is 0 Å². The Kier molecular flexibility index (Phi) is 3.58. The van der Waals surface area contributed by atoms with Gasteiger partial charge in [-0.3, -0.25) is 0 Å². The Labute approximate surface area is 122 Å². The van der Waals surface area contributed by atoms with Crippen LogP contribution < -0.4 is 11.3 Å². The standard InChI is InChI=1S/C15H20BrN3/c1-8-6-12-10(9(2)13(8)16)7-11(15(3,4)5)14(18-12)19-17/h6-7H,17H2,1-5H3,(H,18,19). The molecule has 0 amide bonds. The maximum absolute atomic E-state index is 5.62. The molecular formula is C15H20BrN3. The van der Waals surface area contributed by atoms with Crippen LogP contribution in [0.25, 0.3) is 10.9 Å². The van der Waals surface area contributed by atoms with E-state index >= 15 is 0 Å². The van der Waals surface area contributed by atoms with E-state index < -0.39 is 0 Å². The lowest BCUT2D eigenvalue weighted by molar-refractivity contribution is 0.590. The minimum atomic E-state index is -0.00725. The molecule has 0 radical (unpaired) electrons.